The number of nitrogens with two attached hydrogens (primary N) is 1. The van der Waals surface area contributed by atoms with Crippen LogP contribution in [0.15, 0.2) is 18.2 Å². The van der Waals surface area contributed by atoms with Gasteiger partial charge in [0.05, 0.1) is 7.11 Å². The topological polar surface area (TPSA) is 52.3 Å². The van der Waals surface area contributed by atoms with E-state index in [9.17, 15) is 4.79 Å². The SMILES string of the molecule is COc1cccc(N)c1C(C)C=O. The average molecular weight is 179 g/mol. The van der Waals surface area contributed by atoms with Crippen molar-refractivity contribution < 1.29 is 9.53 Å². The number of nitrogen functional groups attached to an aromatic ring is 1. The van der Waals surface area contributed by atoms with Crippen LogP contribution >= 0.6 is 0 Å². The van der Waals surface area contributed by atoms with Crippen molar-refractivity contribution in [2.75, 3.05) is 12.8 Å². The van der Waals surface area contributed by atoms with Gasteiger partial charge in [-0.25, -0.2) is 0 Å². The van der Waals surface area contributed by atoms with Gasteiger partial charge in [-0.15, -0.1) is 0 Å². The van der Waals surface area contributed by atoms with Gasteiger partial charge in [0.1, 0.15) is 12.0 Å². The Balaban J connectivity index is 3.22. The molecule has 0 aliphatic carbocycles. The lowest BCUT2D eigenvalue weighted by molar-refractivity contribution is -0.108. The molecule has 0 aromatic heterocycles. The van der Waals surface area contributed by atoms with E-state index in [-0.39, 0.29) is 5.92 Å². The molecule has 1 aromatic carbocycles. The van der Waals surface area contributed by atoms with Crippen LogP contribution in [0.4, 0.5) is 5.69 Å². The summed E-state index contributed by atoms with van der Waals surface area (Å²) in [6, 6.07) is 5.36. The number of hydrogen-bond acceptors (Lipinski definition) is 3. The molecule has 13 heavy (non-hydrogen) atoms. The minimum absolute atomic E-state index is 0.226. The summed E-state index contributed by atoms with van der Waals surface area (Å²) in [6.07, 6.45) is 0.855. The third-order valence-corrected chi connectivity index (χ3v) is 1.98. The maximum Gasteiger partial charge on any atom is 0.127 e. The van der Waals surface area contributed by atoms with Crippen LogP contribution < -0.4 is 10.5 Å². The second-order valence-electron chi connectivity index (χ2n) is 2.89. The smallest absolute Gasteiger partial charge is 0.127 e. The maximum atomic E-state index is 10.6. The zero-order chi connectivity index (χ0) is 9.84. The Kier molecular flexibility index (Phi) is 2.90. The molecule has 3 heteroatoms. The van der Waals surface area contributed by atoms with Crippen molar-refractivity contribution in [3.8, 4) is 5.75 Å². The van der Waals surface area contributed by atoms with E-state index in [1.807, 2.05) is 0 Å². The van der Waals surface area contributed by atoms with Crippen LogP contribution in [0, 0.1) is 0 Å². The number of rotatable bonds is 3. The molecule has 0 radical (unpaired) electrons. The summed E-state index contributed by atoms with van der Waals surface area (Å²) < 4.78 is 5.11. The van der Waals surface area contributed by atoms with Gasteiger partial charge in [-0.3, -0.25) is 0 Å². The molecule has 0 spiro atoms. The van der Waals surface area contributed by atoms with Crippen molar-refractivity contribution in [3.05, 3.63) is 23.8 Å². The molecule has 0 saturated heterocycles. The molecule has 0 amide bonds. The van der Waals surface area contributed by atoms with E-state index < -0.39 is 0 Å². The Morgan fingerprint density at radius 3 is 2.77 bits per heavy atom. The number of ether oxygens (including phenoxy) is 1. The zero-order valence-electron chi connectivity index (χ0n) is 7.78. The van der Waals surface area contributed by atoms with Gasteiger partial charge >= 0.3 is 0 Å². The molecular weight excluding hydrogens is 166 g/mol. The van der Waals surface area contributed by atoms with Crippen molar-refractivity contribution in [1.82, 2.24) is 0 Å². The number of hydrogen-bond donors (Lipinski definition) is 1. The van der Waals surface area contributed by atoms with E-state index in [1.165, 1.54) is 0 Å². The monoisotopic (exact) mass is 179 g/mol. The van der Waals surface area contributed by atoms with E-state index in [1.54, 1.807) is 32.2 Å². The van der Waals surface area contributed by atoms with Gasteiger partial charge in [-0.05, 0) is 12.1 Å². The van der Waals surface area contributed by atoms with Crippen molar-refractivity contribution in [1.29, 1.82) is 0 Å². The van der Waals surface area contributed by atoms with Gasteiger partial charge in [0.25, 0.3) is 0 Å². The first-order chi connectivity index (χ1) is 6.20. The van der Waals surface area contributed by atoms with Crippen LogP contribution in [0.2, 0.25) is 0 Å². The summed E-state index contributed by atoms with van der Waals surface area (Å²) >= 11 is 0. The second kappa shape index (κ2) is 3.94. The highest BCUT2D eigenvalue weighted by Crippen LogP contribution is 2.30. The van der Waals surface area contributed by atoms with Gasteiger partial charge in [-0.2, -0.15) is 0 Å². The highest BCUT2D eigenvalue weighted by molar-refractivity contribution is 5.70. The summed E-state index contributed by atoms with van der Waals surface area (Å²) in [4.78, 5) is 10.6. The summed E-state index contributed by atoms with van der Waals surface area (Å²) in [7, 11) is 1.57. The maximum absolute atomic E-state index is 10.6. The van der Waals surface area contributed by atoms with Crippen molar-refractivity contribution in [2.24, 2.45) is 0 Å². The van der Waals surface area contributed by atoms with Crippen molar-refractivity contribution in [3.63, 3.8) is 0 Å². The predicted molar refractivity (Wildman–Crippen MR) is 51.9 cm³/mol. The Morgan fingerprint density at radius 2 is 2.23 bits per heavy atom. The molecule has 0 saturated carbocycles. The molecule has 2 N–H and O–H groups in total. The van der Waals surface area contributed by atoms with Gasteiger partial charge in [0.2, 0.25) is 0 Å². The lowest BCUT2D eigenvalue weighted by Gasteiger charge is -2.12. The van der Waals surface area contributed by atoms with Crippen LogP contribution in [-0.4, -0.2) is 13.4 Å². The van der Waals surface area contributed by atoms with Crippen LogP contribution in [0.1, 0.15) is 18.4 Å². The fourth-order valence-electron chi connectivity index (χ4n) is 1.29. The summed E-state index contributed by atoms with van der Waals surface area (Å²) in [5, 5.41) is 0. The first-order valence-electron chi connectivity index (χ1n) is 4.08. The number of methoxy groups -OCH3 is 1. The lowest BCUT2D eigenvalue weighted by atomic mass is 10.00. The molecule has 1 unspecified atom stereocenters. The molecule has 0 aliphatic heterocycles. The largest absolute Gasteiger partial charge is 0.496 e. The molecule has 1 rings (SSSR count). The van der Waals surface area contributed by atoms with E-state index >= 15 is 0 Å². The van der Waals surface area contributed by atoms with Crippen LogP contribution in [0.5, 0.6) is 5.75 Å². The second-order valence-corrected chi connectivity index (χ2v) is 2.89. The van der Waals surface area contributed by atoms with E-state index in [0.29, 0.717) is 11.4 Å². The van der Waals surface area contributed by atoms with Gasteiger partial charge in [-0.1, -0.05) is 13.0 Å². The molecule has 1 aromatic rings. The van der Waals surface area contributed by atoms with E-state index in [4.69, 9.17) is 10.5 Å². The molecule has 1 atom stereocenters. The average Bonchev–Trinajstić information content (AvgIpc) is 2.16. The Morgan fingerprint density at radius 1 is 1.54 bits per heavy atom. The predicted octanol–water partition coefficient (Wildman–Crippen LogP) is 1.58. The highest BCUT2D eigenvalue weighted by Gasteiger charge is 2.13. The summed E-state index contributed by atoms with van der Waals surface area (Å²) in [5.74, 6) is 0.441. The Bertz CT molecular complexity index is 310. The number of carbonyl (C=O) groups excluding carboxylic acids is 1. The number of anilines is 1. The third-order valence-electron chi connectivity index (χ3n) is 1.98. The molecule has 0 bridgehead atoms. The first kappa shape index (κ1) is 9.58. The molecule has 70 valence electrons. The molecule has 0 heterocycles. The van der Waals surface area contributed by atoms with Crippen molar-refractivity contribution in [2.45, 2.75) is 12.8 Å². The van der Waals surface area contributed by atoms with Crippen molar-refractivity contribution >= 4 is 12.0 Å². The van der Waals surface area contributed by atoms with Crippen LogP contribution in [-0.2, 0) is 4.79 Å². The van der Waals surface area contributed by atoms with Crippen LogP contribution in [0.25, 0.3) is 0 Å². The first-order valence-corrected chi connectivity index (χ1v) is 4.08. The molecule has 0 aliphatic rings. The Hall–Kier alpha value is -1.51. The lowest BCUT2D eigenvalue weighted by Crippen LogP contribution is -2.03. The fraction of sp³-hybridized carbons (Fsp3) is 0.300. The molecule has 0 fully saturated rings. The van der Waals surface area contributed by atoms with E-state index in [2.05, 4.69) is 0 Å². The molecular formula is C10H13NO2. The molecule has 3 nitrogen and oxygen atoms in total. The zero-order valence-corrected chi connectivity index (χ0v) is 7.78. The normalized spacial score (nSPS) is 12.2. The Labute approximate surface area is 77.5 Å². The third kappa shape index (κ3) is 1.80. The summed E-state index contributed by atoms with van der Waals surface area (Å²) in [5.41, 5.74) is 7.09. The van der Waals surface area contributed by atoms with Gasteiger partial charge in [0.15, 0.2) is 0 Å². The number of carbonyl (C=O) groups is 1. The number of benzene rings is 1. The highest BCUT2D eigenvalue weighted by atomic mass is 16.5. The van der Waals surface area contributed by atoms with Gasteiger partial charge in [0, 0.05) is 17.2 Å². The van der Waals surface area contributed by atoms with E-state index in [0.717, 1.165) is 11.8 Å². The number of aldehydes is 1. The standard InChI is InChI=1S/C10H13NO2/c1-7(6-12)10-8(11)4-3-5-9(10)13-2/h3-7H,11H2,1-2H3. The minimum Gasteiger partial charge on any atom is -0.496 e. The summed E-state index contributed by atoms with van der Waals surface area (Å²) in [6.45, 7) is 1.79. The quantitative estimate of drug-likeness (QED) is 0.566. The van der Waals surface area contributed by atoms with Crippen LogP contribution in [0.3, 0.4) is 0 Å². The van der Waals surface area contributed by atoms with Gasteiger partial charge < -0.3 is 15.3 Å². The minimum atomic E-state index is -0.226. The fourth-order valence-corrected chi connectivity index (χ4v) is 1.29.